The van der Waals surface area contributed by atoms with E-state index in [0.29, 0.717) is 40.0 Å². The van der Waals surface area contributed by atoms with Crippen molar-refractivity contribution in [2.24, 2.45) is 0 Å². The standard InChI is InChI=1S/C27H19ClN4O5/c1-2-19-22(26(34)32(29-19)18-8-6-7-16(28)13-18)23-24(30-11-4-3-5-12-30)27(35)31(25(23)33)17-9-10-20-21(14-17)37-15-36-20/h3-14H,2,15H2,1H3/p+1. The van der Waals surface area contributed by atoms with Crippen molar-refractivity contribution in [1.29, 1.82) is 0 Å². The number of benzene rings is 2. The van der Waals surface area contributed by atoms with Gasteiger partial charge in [0.05, 0.1) is 16.9 Å². The molecule has 9 nitrogen and oxygen atoms in total. The van der Waals surface area contributed by atoms with Crippen LogP contribution in [0, 0.1) is 0 Å². The first-order chi connectivity index (χ1) is 18.0. The van der Waals surface area contributed by atoms with Gasteiger partial charge in [-0.05, 0) is 36.8 Å². The minimum absolute atomic E-state index is 0.0118. The molecule has 0 fully saturated rings. The second-order valence-electron chi connectivity index (χ2n) is 8.43. The number of rotatable bonds is 5. The number of H-pyrrole nitrogens is 1. The van der Waals surface area contributed by atoms with Crippen LogP contribution < -0.4 is 24.5 Å². The Morgan fingerprint density at radius 3 is 2.46 bits per heavy atom. The molecular weight excluding hydrogens is 496 g/mol. The molecule has 10 heteroatoms. The zero-order valence-electron chi connectivity index (χ0n) is 19.6. The maximum absolute atomic E-state index is 14.0. The number of ether oxygens (including phenoxy) is 2. The number of halogens is 1. The number of imide groups is 1. The predicted molar refractivity (Wildman–Crippen MR) is 136 cm³/mol. The summed E-state index contributed by atoms with van der Waals surface area (Å²) >= 11 is 6.16. The number of anilines is 1. The largest absolute Gasteiger partial charge is 0.454 e. The smallest absolute Gasteiger partial charge is 0.331 e. The van der Waals surface area contributed by atoms with E-state index in [1.807, 2.05) is 6.92 Å². The van der Waals surface area contributed by atoms with Gasteiger partial charge >= 0.3 is 5.91 Å². The van der Waals surface area contributed by atoms with Crippen molar-refractivity contribution in [1.82, 2.24) is 9.78 Å². The van der Waals surface area contributed by atoms with E-state index in [4.69, 9.17) is 21.1 Å². The number of nitrogens with zero attached hydrogens (tertiary/aromatic N) is 3. The van der Waals surface area contributed by atoms with Gasteiger partial charge in [-0.2, -0.15) is 4.57 Å². The number of carbonyl (C=O) groups excluding carboxylic acids is 2. The number of hydrogen-bond donors (Lipinski definition) is 1. The number of aryl methyl sites for hydroxylation is 1. The highest BCUT2D eigenvalue weighted by Crippen LogP contribution is 2.39. The molecule has 2 aromatic carbocycles. The van der Waals surface area contributed by atoms with Crippen LogP contribution in [0.3, 0.4) is 0 Å². The maximum Gasteiger partial charge on any atom is 0.331 e. The number of carbonyl (C=O) groups is 2. The van der Waals surface area contributed by atoms with Gasteiger partial charge in [-0.25, -0.2) is 9.58 Å². The van der Waals surface area contributed by atoms with Crippen molar-refractivity contribution in [3.63, 3.8) is 0 Å². The quantitative estimate of drug-likeness (QED) is 0.325. The first-order valence-electron chi connectivity index (χ1n) is 11.6. The summed E-state index contributed by atoms with van der Waals surface area (Å²) in [6, 6.07) is 16.9. The van der Waals surface area contributed by atoms with Crippen LogP contribution in [0.5, 0.6) is 11.5 Å². The molecule has 0 spiro atoms. The Bertz CT molecular complexity index is 1670. The van der Waals surface area contributed by atoms with Gasteiger partial charge in [0.15, 0.2) is 23.9 Å². The highest BCUT2D eigenvalue weighted by molar-refractivity contribution is 6.53. The molecule has 37 heavy (non-hydrogen) atoms. The molecule has 1 N–H and O–H groups in total. The second-order valence-corrected chi connectivity index (χ2v) is 8.87. The summed E-state index contributed by atoms with van der Waals surface area (Å²) in [7, 11) is 0. The summed E-state index contributed by atoms with van der Waals surface area (Å²) in [4.78, 5) is 42.7. The van der Waals surface area contributed by atoms with E-state index >= 15 is 0 Å². The SMILES string of the molecule is CCc1[nH]n(-c2cccc(Cl)c2)c(=O)c1C1=C([n+]2ccccc2)C(=O)N(c2ccc3c(c2)OCO3)C1=O. The molecule has 0 atom stereocenters. The molecule has 2 aliphatic rings. The lowest BCUT2D eigenvalue weighted by atomic mass is 10.0. The topological polar surface area (TPSA) is 97.5 Å². The minimum Gasteiger partial charge on any atom is -0.454 e. The third-order valence-corrected chi connectivity index (χ3v) is 6.52. The van der Waals surface area contributed by atoms with E-state index in [1.54, 1.807) is 77.6 Å². The number of amides is 2. The second kappa shape index (κ2) is 8.79. The monoisotopic (exact) mass is 515 g/mol. The summed E-state index contributed by atoms with van der Waals surface area (Å²) in [5.41, 5.74) is 1.10. The molecule has 0 bridgehead atoms. The maximum atomic E-state index is 14.0. The lowest BCUT2D eigenvalue weighted by Gasteiger charge is -2.14. The molecule has 6 rings (SSSR count). The van der Waals surface area contributed by atoms with Crippen LogP contribution in [0.4, 0.5) is 5.69 Å². The number of aromatic amines is 1. The van der Waals surface area contributed by atoms with E-state index in [2.05, 4.69) is 5.10 Å². The van der Waals surface area contributed by atoms with Gasteiger partial charge in [-0.1, -0.05) is 30.7 Å². The molecule has 4 heterocycles. The van der Waals surface area contributed by atoms with Gasteiger partial charge in [-0.3, -0.25) is 19.5 Å². The average Bonchev–Trinajstić information content (AvgIpc) is 3.57. The van der Waals surface area contributed by atoms with Gasteiger partial charge < -0.3 is 9.47 Å². The molecular formula is C27H20ClN4O5+. The summed E-state index contributed by atoms with van der Waals surface area (Å²) < 4.78 is 13.7. The van der Waals surface area contributed by atoms with Gasteiger partial charge in [-0.15, -0.1) is 0 Å². The van der Waals surface area contributed by atoms with Gasteiger partial charge in [0.2, 0.25) is 6.79 Å². The summed E-state index contributed by atoms with van der Waals surface area (Å²) in [5, 5.41) is 3.56. The molecule has 4 aromatic rings. The number of pyridine rings is 1. The Morgan fingerprint density at radius 2 is 1.70 bits per heavy atom. The summed E-state index contributed by atoms with van der Waals surface area (Å²) in [5.74, 6) is -0.219. The van der Waals surface area contributed by atoms with Gasteiger partial charge in [0.25, 0.3) is 17.2 Å². The van der Waals surface area contributed by atoms with Crippen LogP contribution in [0.15, 0.2) is 77.9 Å². The zero-order chi connectivity index (χ0) is 25.7. The lowest BCUT2D eigenvalue weighted by molar-refractivity contribution is -0.576. The Hall–Kier alpha value is -4.63. The molecule has 0 saturated carbocycles. The van der Waals surface area contributed by atoms with Crippen molar-refractivity contribution < 1.29 is 23.6 Å². The van der Waals surface area contributed by atoms with Crippen molar-refractivity contribution in [3.05, 3.63) is 99.7 Å². The van der Waals surface area contributed by atoms with E-state index in [1.165, 1.54) is 4.68 Å². The Kier molecular flexibility index (Phi) is 5.42. The van der Waals surface area contributed by atoms with Crippen LogP contribution >= 0.6 is 11.6 Å². The molecule has 0 unspecified atom stereocenters. The number of hydrogen-bond acceptors (Lipinski definition) is 5. The summed E-state index contributed by atoms with van der Waals surface area (Å²) in [6.07, 6.45) is 3.74. The van der Waals surface area contributed by atoms with Crippen LogP contribution in [0.25, 0.3) is 17.0 Å². The first kappa shape index (κ1) is 22.8. The zero-order valence-corrected chi connectivity index (χ0v) is 20.4. The highest BCUT2D eigenvalue weighted by Gasteiger charge is 2.48. The third-order valence-electron chi connectivity index (χ3n) is 6.28. The average molecular weight is 516 g/mol. The molecule has 0 radical (unpaired) electrons. The van der Waals surface area contributed by atoms with E-state index < -0.39 is 17.4 Å². The van der Waals surface area contributed by atoms with Crippen LogP contribution in [0.1, 0.15) is 18.2 Å². The predicted octanol–water partition coefficient (Wildman–Crippen LogP) is 3.34. The molecule has 0 aliphatic carbocycles. The Balaban J connectivity index is 1.57. The molecule has 0 saturated heterocycles. The molecule has 2 amide bonds. The Morgan fingerprint density at radius 1 is 0.919 bits per heavy atom. The molecule has 184 valence electrons. The van der Waals surface area contributed by atoms with Crippen LogP contribution in [-0.4, -0.2) is 28.4 Å². The van der Waals surface area contributed by atoms with Crippen molar-refractivity contribution in [2.75, 3.05) is 11.7 Å². The molecule has 2 aliphatic heterocycles. The number of aromatic nitrogens is 3. The fraction of sp³-hybridized carbons (Fsp3) is 0.111. The normalized spacial score (nSPS) is 14.7. The minimum atomic E-state index is -0.612. The molecule has 2 aromatic heterocycles. The van der Waals surface area contributed by atoms with Gasteiger partial charge in [0.1, 0.15) is 5.57 Å². The first-order valence-corrected chi connectivity index (χ1v) is 11.9. The van der Waals surface area contributed by atoms with Crippen molar-refractivity contribution in [2.45, 2.75) is 13.3 Å². The van der Waals surface area contributed by atoms with Crippen molar-refractivity contribution in [3.8, 4) is 17.2 Å². The Labute approximate surface area is 215 Å². The van der Waals surface area contributed by atoms with Gasteiger partial charge in [0, 0.05) is 28.9 Å². The summed E-state index contributed by atoms with van der Waals surface area (Å²) in [6.45, 7) is 1.92. The van der Waals surface area contributed by atoms with E-state index in [9.17, 15) is 14.4 Å². The number of nitrogens with one attached hydrogen (secondary N) is 1. The van der Waals surface area contributed by atoms with E-state index in [0.717, 1.165) is 4.90 Å². The van der Waals surface area contributed by atoms with Crippen LogP contribution in [-0.2, 0) is 16.0 Å². The lowest BCUT2D eigenvalue weighted by Crippen LogP contribution is -2.39. The van der Waals surface area contributed by atoms with E-state index in [-0.39, 0.29) is 23.6 Å². The fourth-order valence-electron chi connectivity index (χ4n) is 4.58. The number of fused-ring (bicyclic) bond motifs is 1. The fourth-order valence-corrected chi connectivity index (χ4v) is 4.77. The third kappa shape index (κ3) is 3.63. The van der Waals surface area contributed by atoms with Crippen molar-refractivity contribution >= 4 is 40.4 Å². The van der Waals surface area contributed by atoms with Crippen LogP contribution in [0.2, 0.25) is 5.02 Å². The highest BCUT2D eigenvalue weighted by atomic mass is 35.5.